The van der Waals surface area contributed by atoms with Gasteiger partial charge in [0.15, 0.2) is 0 Å². The molecule has 1 aromatic rings. The number of rotatable bonds is 4. The van der Waals surface area contributed by atoms with E-state index in [-0.39, 0.29) is 0 Å². The maximum atomic E-state index is 9.10. The fraction of sp³-hybridized carbons (Fsp3) is 0.533. The van der Waals surface area contributed by atoms with E-state index in [0.29, 0.717) is 18.6 Å². The second kappa shape index (κ2) is 6.53. The van der Waals surface area contributed by atoms with Gasteiger partial charge in [-0.25, -0.2) is 0 Å². The Kier molecular flexibility index (Phi) is 4.74. The third kappa shape index (κ3) is 3.32. The fourth-order valence-corrected chi connectivity index (χ4v) is 2.59. The van der Waals surface area contributed by atoms with E-state index in [0.717, 1.165) is 43.4 Å². The second-order valence-electron chi connectivity index (χ2n) is 5.05. The first-order valence-corrected chi connectivity index (χ1v) is 6.65. The van der Waals surface area contributed by atoms with E-state index >= 15 is 0 Å². The first-order chi connectivity index (χ1) is 8.83. The zero-order valence-electron chi connectivity index (χ0n) is 10.6. The lowest BCUT2D eigenvalue weighted by atomic mass is 9.86. The number of benzene rings is 1. The van der Waals surface area contributed by atoms with Gasteiger partial charge in [-0.2, -0.15) is 5.26 Å². The van der Waals surface area contributed by atoms with E-state index in [1.54, 1.807) is 0 Å². The van der Waals surface area contributed by atoms with Crippen LogP contribution in [-0.2, 0) is 6.54 Å². The molecule has 0 spiro atoms. The Hall–Kier alpha value is -1.37. The van der Waals surface area contributed by atoms with Crippen molar-refractivity contribution in [1.29, 1.82) is 5.26 Å². The summed E-state index contributed by atoms with van der Waals surface area (Å²) in [5.74, 6) is 0.495. The minimum atomic E-state index is 0.323. The number of nitrogens with one attached hydrogen (secondary N) is 1. The average Bonchev–Trinajstić information content (AvgIpc) is 2.46. The predicted molar refractivity (Wildman–Crippen MR) is 70.8 cm³/mol. The van der Waals surface area contributed by atoms with Crippen LogP contribution in [-0.4, -0.2) is 17.8 Å². The smallest absolute Gasteiger partial charge is 0.0995 e. The van der Waals surface area contributed by atoms with Gasteiger partial charge in [0.05, 0.1) is 11.6 Å². The quantitative estimate of drug-likeness (QED) is 0.853. The first kappa shape index (κ1) is 13.1. The molecule has 3 nitrogen and oxygen atoms in total. The van der Waals surface area contributed by atoms with Crippen LogP contribution in [0, 0.1) is 17.2 Å². The summed E-state index contributed by atoms with van der Waals surface area (Å²) in [7, 11) is 0. The van der Waals surface area contributed by atoms with Crippen LogP contribution >= 0.6 is 0 Å². The maximum absolute atomic E-state index is 9.10. The molecule has 0 aromatic heterocycles. The highest BCUT2D eigenvalue weighted by molar-refractivity contribution is 5.37. The van der Waals surface area contributed by atoms with Gasteiger partial charge in [0.25, 0.3) is 0 Å². The van der Waals surface area contributed by atoms with Crippen LogP contribution < -0.4 is 5.32 Å². The molecule has 96 valence electrons. The molecule has 0 radical (unpaired) electrons. The van der Waals surface area contributed by atoms with Crippen LogP contribution in [0.3, 0.4) is 0 Å². The number of nitriles is 1. The highest BCUT2D eigenvalue weighted by Crippen LogP contribution is 2.24. The van der Waals surface area contributed by atoms with Crippen molar-refractivity contribution in [3.8, 4) is 6.07 Å². The molecule has 18 heavy (non-hydrogen) atoms. The summed E-state index contributed by atoms with van der Waals surface area (Å²) in [5.41, 5.74) is 1.83. The van der Waals surface area contributed by atoms with E-state index < -0.39 is 0 Å². The molecule has 1 aliphatic carbocycles. The van der Waals surface area contributed by atoms with E-state index in [2.05, 4.69) is 11.4 Å². The third-order valence-corrected chi connectivity index (χ3v) is 3.82. The lowest BCUT2D eigenvalue weighted by Crippen LogP contribution is -2.33. The highest BCUT2D eigenvalue weighted by atomic mass is 16.3. The standard InChI is InChI=1S/C15H20N2O/c16-9-13-3-1-2-4-14(13)10-17-15-7-5-12(11-18)6-8-15/h1-4,12,15,17-18H,5-8,10-11H2. The molecule has 3 heteroatoms. The van der Waals surface area contributed by atoms with Crippen molar-refractivity contribution in [2.24, 2.45) is 5.92 Å². The molecule has 1 saturated carbocycles. The SMILES string of the molecule is N#Cc1ccccc1CNC1CCC(CO)CC1. The average molecular weight is 244 g/mol. The molecular formula is C15H20N2O. The van der Waals surface area contributed by atoms with Crippen LogP contribution in [0.2, 0.25) is 0 Å². The van der Waals surface area contributed by atoms with Crippen molar-refractivity contribution < 1.29 is 5.11 Å². The van der Waals surface area contributed by atoms with E-state index in [9.17, 15) is 0 Å². The number of aliphatic hydroxyl groups is 1. The molecule has 2 N–H and O–H groups in total. The molecule has 2 rings (SSSR count). The molecule has 0 atom stereocenters. The van der Waals surface area contributed by atoms with Crippen molar-refractivity contribution in [1.82, 2.24) is 5.32 Å². The molecule has 0 unspecified atom stereocenters. The lowest BCUT2D eigenvalue weighted by Gasteiger charge is -2.28. The molecular weight excluding hydrogens is 224 g/mol. The molecule has 0 saturated heterocycles. The van der Waals surface area contributed by atoms with Gasteiger partial charge in [-0.15, -0.1) is 0 Å². The molecule has 1 fully saturated rings. The Morgan fingerprint density at radius 3 is 2.61 bits per heavy atom. The minimum absolute atomic E-state index is 0.323. The monoisotopic (exact) mass is 244 g/mol. The Morgan fingerprint density at radius 1 is 1.22 bits per heavy atom. The van der Waals surface area contributed by atoms with Gasteiger partial charge < -0.3 is 10.4 Å². The minimum Gasteiger partial charge on any atom is -0.396 e. The molecule has 1 aliphatic rings. The largest absolute Gasteiger partial charge is 0.396 e. The molecule has 0 heterocycles. The molecule has 1 aromatic carbocycles. The summed E-state index contributed by atoms with van der Waals surface area (Å²) in [4.78, 5) is 0. The van der Waals surface area contributed by atoms with Gasteiger partial charge in [-0.05, 0) is 43.2 Å². The van der Waals surface area contributed by atoms with Crippen molar-refractivity contribution in [3.63, 3.8) is 0 Å². The zero-order valence-corrected chi connectivity index (χ0v) is 10.6. The highest BCUT2D eigenvalue weighted by Gasteiger charge is 2.20. The summed E-state index contributed by atoms with van der Waals surface area (Å²) in [6.45, 7) is 1.09. The number of hydrogen-bond donors (Lipinski definition) is 2. The summed E-state index contributed by atoms with van der Waals surface area (Å²) in [5, 5.41) is 21.6. The van der Waals surface area contributed by atoms with Crippen molar-refractivity contribution in [2.45, 2.75) is 38.3 Å². The Labute approximate surface area is 108 Å². The van der Waals surface area contributed by atoms with Crippen molar-refractivity contribution in [3.05, 3.63) is 35.4 Å². The van der Waals surface area contributed by atoms with Gasteiger partial charge in [-0.1, -0.05) is 18.2 Å². The summed E-state index contributed by atoms with van der Waals surface area (Å²) in [6.07, 6.45) is 4.46. The zero-order chi connectivity index (χ0) is 12.8. The fourth-order valence-electron chi connectivity index (χ4n) is 2.59. The van der Waals surface area contributed by atoms with Crippen molar-refractivity contribution in [2.75, 3.05) is 6.61 Å². The number of hydrogen-bond acceptors (Lipinski definition) is 3. The van der Waals surface area contributed by atoms with Crippen LogP contribution in [0.5, 0.6) is 0 Å². The van der Waals surface area contributed by atoms with Crippen molar-refractivity contribution >= 4 is 0 Å². The predicted octanol–water partition coefficient (Wildman–Crippen LogP) is 2.20. The lowest BCUT2D eigenvalue weighted by molar-refractivity contribution is 0.175. The second-order valence-corrected chi connectivity index (χ2v) is 5.05. The Morgan fingerprint density at radius 2 is 1.94 bits per heavy atom. The summed E-state index contributed by atoms with van der Waals surface area (Å²) < 4.78 is 0. The van der Waals surface area contributed by atoms with Crippen LogP contribution in [0.15, 0.2) is 24.3 Å². The van der Waals surface area contributed by atoms with Gasteiger partial charge >= 0.3 is 0 Å². The molecule has 0 aliphatic heterocycles. The van der Waals surface area contributed by atoms with E-state index in [4.69, 9.17) is 10.4 Å². The normalized spacial score (nSPS) is 23.6. The van der Waals surface area contributed by atoms with Gasteiger partial charge in [0, 0.05) is 19.2 Å². The van der Waals surface area contributed by atoms with Crippen LogP contribution in [0.25, 0.3) is 0 Å². The number of aliphatic hydroxyl groups excluding tert-OH is 1. The topological polar surface area (TPSA) is 56.0 Å². The van der Waals surface area contributed by atoms with Gasteiger partial charge in [0.2, 0.25) is 0 Å². The number of nitrogens with zero attached hydrogens (tertiary/aromatic N) is 1. The van der Waals surface area contributed by atoms with Gasteiger partial charge in [-0.3, -0.25) is 0 Å². The Balaban J connectivity index is 1.84. The Bertz CT molecular complexity index is 417. The van der Waals surface area contributed by atoms with E-state index in [1.807, 2.05) is 24.3 Å². The maximum Gasteiger partial charge on any atom is 0.0995 e. The molecule has 0 bridgehead atoms. The van der Waals surface area contributed by atoms with Gasteiger partial charge in [0.1, 0.15) is 0 Å². The van der Waals surface area contributed by atoms with Crippen LogP contribution in [0.1, 0.15) is 36.8 Å². The third-order valence-electron chi connectivity index (χ3n) is 3.82. The van der Waals surface area contributed by atoms with E-state index in [1.165, 1.54) is 0 Å². The molecule has 0 amide bonds. The summed E-state index contributed by atoms with van der Waals surface area (Å²) >= 11 is 0. The first-order valence-electron chi connectivity index (χ1n) is 6.65. The van der Waals surface area contributed by atoms with Crippen LogP contribution in [0.4, 0.5) is 0 Å². The summed E-state index contributed by atoms with van der Waals surface area (Å²) in [6, 6.07) is 10.5.